The molecular weight excluding hydrogens is 406 g/mol. The van der Waals surface area contributed by atoms with Crippen LogP contribution in [0.15, 0.2) is 121 Å². The Labute approximate surface area is 196 Å². The molecule has 33 heavy (non-hydrogen) atoms. The molecule has 1 unspecified atom stereocenters. The van der Waals surface area contributed by atoms with Crippen LogP contribution in [0.3, 0.4) is 0 Å². The van der Waals surface area contributed by atoms with E-state index < -0.39 is 11.5 Å². The molecule has 0 bridgehead atoms. The summed E-state index contributed by atoms with van der Waals surface area (Å²) >= 11 is 0. The third-order valence-electron chi connectivity index (χ3n) is 5.95. The van der Waals surface area contributed by atoms with Crippen molar-refractivity contribution in [3.05, 3.63) is 138 Å². The lowest BCUT2D eigenvalue weighted by Crippen LogP contribution is -2.40. The summed E-state index contributed by atoms with van der Waals surface area (Å²) in [6.45, 7) is 2.20. The zero-order valence-corrected chi connectivity index (χ0v) is 18.9. The largest absolute Gasteiger partial charge is 0.466 e. The molecule has 4 rings (SSSR count). The van der Waals surface area contributed by atoms with E-state index in [-0.39, 0.29) is 5.97 Å². The van der Waals surface area contributed by atoms with Gasteiger partial charge in [0.05, 0.1) is 18.1 Å². The van der Waals surface area contributed by atoms with Crippen LogP contribution in [0, 0.1) is 0 Å². The minimum Gasteiger partial charge on any atom is -0.466 e. The van der Waals surface area contributed by atoms with E-state index in [0.717, 1.165) is 22.4 Å². The monoisotopic (exact) mass is 435 g/mol. The van der Waals surface area contributed by atoms with E-state index in [2.05, 4.69) is 41.7 Å². The SMILES string of the molecule is CCOC(=O)C(CC(Nc1ccccc1)(c1ccccc1)c1ccccc1)c1ccccc1. The molecule has 3 nitrogen and oxygen atoms in total. The third kappa shape index (κ3) is 5.15. The second kappa shape index (κ2) is 10.6. The highest BCUT2D eigenvalue weighted by Crippen LogP contribution is 2.42. The normalized spacial score (nSPS) is 12.0. The van der Waals surface area contributed by atoms with Gasteiger partial charge in [-0.25, -0.2) is 0 Å². The highest BCUT2D eigenvalue weighted by molar-refractivity contribution is 5.79. The van der Waals surface area contributed by atoms with Crippen LogP contribution < -0.4 is 5.32 Å². The Morgan fingerprint density at radius 1 is 0.727 bits per heavy atom. The lowest BCUT2D eigenvalue weighted by Gasteiger charge is -2.39. The van der Waals surface area contributed by atoms with E-state index in [0.29, 0.717) is 13.0 Å². The number of ether oxygens (including phenoxy) is 1. The van der Waals surface area contributed by atoms with Gasteiger partial charge in [0.2, 0.25) is 0 Å². The Kier molecular flexibility index (Phi) is 7.21. The molecule has 166 valence electrons. The van der Waals surface area contributed by atoms with Crippen molar-refractivity contribution in [1.82, 2.24) is 0 Å². The van der Waals surface area contributed by atoms with Crippen LogP contribution in [-0.2, 0) is 15.1 Å². The highest BCUT2D eigenvalue weighted by Gasteiger charge is 2.40. The van der Waals surface area contributed by atoms with Gasteiger partial charge in [-0.2, -0.15) is 0 Å². The topological polar surface area (TPSA) is 38.3 Å². The fourth-order valence-electron chi connectivity index (χ4n) is 4.38. The van der Waals surface area contributed by atoms with Gasteiger partial charge in [0, 0.05) is 5.69 Å². The van der Waals surface area contributed by atoms with E-state index in [1.54, 1.807) is 0 Å². The zero-order valence-electron chi connectivity index (χ0n) is 18.9. The first-order valence-corrected chi connectivity index (χ1v) is 11.4. The summed E-state index contributed by atoms with van der Waals surface area (Å²) in [5, 5.41) is 3.81. The molecule has 0 amide bonds. The average Bonchev–Trinajstić information content (AvgIpc) is 2.89. The van der Waals surface area contributed by atoms with Crippen LogP contribution >= 0.6 is 0 Å². The number of hydrogen-bond acceptors (Lipinski definition) is 3. The fraction of sp³-hybridized carbons (Fsp3) is 0.167. The molecule has 1 N–H and O–H groups in total. The van der Waals surface area contributed by atoms with E-state index in [4.69, 9.17) is 4.74 Å². The minimum atomic E-state index is -0.656. The molecule has 0 spiro atoms. The van der Waals surface area contributed by atoms with Gasteiger partial charge >= 0.3 is 5.97 Å². The number of hydrogen-bond donors (Lipinski definition) is 1. The number of carbonyl (C=O) groups excluding carboxylic acids is 1. The molecule has 3 heteroatoms. The van der Waals surface area contributed by atoms with E-state index in [1.165, 1.54) is 0 Å². The Morgan fingerprint density at radius 2 is 1.18 bits per heavy atom. The summed E-state index contributed by atoms with van der Waals surface area (Å²) < 4.78 is 5.56. The first-order chi connectivity index (χ1) is 16.2. The maximum Gasteiger partial charge on any atom is 0.313 e. The molecule has 0 aromatic heterocycles. The number of nitrogens with one attached hydrogen (secondary N) is 1. The molecule has 1 atom stereocenters. The average molecular weight is 436 g/mol. The standard InChI is InChI=1S/C30H29NO2/c1-2-33-29(32)28(24-15-7-3-8-16-24)23-30(25-17-9-4-10-18-25,26-19-11-5-12-20-26)31-27-21-13-6-14-22-27/h3-22,28,31H,2,23H2,1H3. The Balaban J connectivity index is 1.91. The van der Waals surface area contributed by atoms with Gasteiger partial charge in [0.1, 0.15) is 0 Å². The van der Waals surface area contributed by atoms with Gasteiger partial charge in [-0.15, -0.1) is 0 Å². The summed E-state index contributed by atoms with van der Waals surface area (Å²) in [5.74, 6) is -0.655. The maximum atomic E-state index is 13.3. The number of para-hydroxylation sites is 1. The summed E-state index contributed by atoms with van der Waals surface area (Å²) in [5.41, 5.74) is 3.45. The quantitative estimate of drug-likeness (QED) is 0.295. The van der Waals surface area contributed by atoms with Crippen molar-refractivity contribution in [2.45, 2.75) is 24.8 Å². The molecule has 4 aromatic carbocycles. The fourth-order valence-corrected chi connectivity index (χ4v) is 4.38. The van der Waals surface area contributed by atoms with Crippen molar-refractivity contribution in [2.24, 2.45) is 0 Å². The summed E-state index contributed by atoms with van der Waals surface area (Å²) in [7, 11) is 0. The Bertz CT molecular complexity index is 1090. The molecule has 0 heterocycles. The molecule has 0 saturated carbocycles. The van der Waals surface area contributed by atoms with Crippen molar-refractivity contribution in [2.75, 3.05) is 11.9 Å². The summed E-state index contributed by atoms with van der Waals surface area (Å²) in [6.07, 6.45) is 0.499. The van der Waals surface area contributed by atoms with Gasteiger partial charge in [-0.05, 0) is 42.2 Å². The minimum absolute atomic E-state index is 0.213. The predicted octanol–water partition coefficient (Wildman–Crippen LogP) is 6.78. The first kappa shape index (κ1) is 22.3. The van der Waals surface area contributed by atoms with Gasteiger partial charge in [0.15, 0.2) is 0 Å². The van der Waals surface area contributed by atoms with Crippen molar-refractivity contribution in [1.29, 1.82) is 0 Å². The zero-order chi connectivity index (χ0) is 22.9. The molecular formula is C30H29NO2. The lowest BCUT2D eigenvalue weighted by molar-refractivity contribution is -0.145. The molecule has 0 aliphatic carbocycles. The molecule has 0 fully saturated rings. The van der Waals surface area contributed by atoms with Crippen LogP contribution in [0.1, 0.15) is 36.0 Å². The first-order valence-electron chi connectivity index (χ1n) is 11.4. The van der Waals surface area contributed by atoms with Crippen molar-refractivity contribution in [3.63, 3.8) is 0 Å². The van der Waals surface area contributed by atoms with E-state index in [9.17, 15) is 4.79 Å². The second-order valence-electron chi connectivity index (χ2n) is 8.05. The van der Waals surface area contributed by atoms with Crippen LogP contribution in [-0.4, -0.2) is 12.6 Å². The van der Waals surface area contributed by atoms with Gasteiger partial charge < -0.3 is 10.1 Å². The van der Waals surface area contributed by atoms with E-state index >= 15 is 0 Å². The summed E-state index contributed by atoms with van der Waals surface area (Å²) in [6, 6.07) is 40.8. The van der Waals surface area contributed by atoms with Gasteiger partial charge in [0.25, 0.3) is 0 Å². The van der Waals surface area contributed by atoms with Crippen LogP contribution in [0.2, 0.25) is 0 Å². The van der Waals surface area contributed by atoms with Crippen molar-refractivity contribution in [3.8, 4) is 0 Å². The molecule has 0 aliphatic heterocycles. The highest BCUT2D eigenvalue weighted by atomic mass is 16.5. The maximum absolute atomic E-state index is 13.3. The molecule has 4 aromatic rings. The molecule has 0 aliphatic rings. The molecule has 0 radical (unpaired) electrons. The molecule has 0 saturated heterocycles. The number of benzene rings is 4. The second-order valence-corrected chi connectivity index (χ2v) is 8.05. The van der Waals surface area contributed by atoms with Crippen LogP contribution in [0.5, 0.6) is 0 Å². The van der Waals surface area contributed by atoms with Crippen molar-refractivity contribution >= 4 is 11.7 Å². The third-order valence-corrected chi connectivity index (χ3v) is 5.95. The number of carbonyl (C=O) groups is 1. The Morgan fingerprint density at radius 3 is 1.67 bits per heavy atom. The number of anilines is 1. The van der Waals surface area contributed by atoms with Gasteiger partial charge in [-0.1, -0.05) is 109 Å². The van der Waals surface area contributed by atoms with Crippen LogP contribution in [0.25, 0.3) is 0 Å². The van der Waals surface area contributed by atoms with Crippen molar-refractivity contribution < 1.29 is 9.53 Å². The van der Waals surface area contributed by atoms with E-state index in [1.807, 2.05) is 91.9 Å². The predicted molar refractivity (Wildman–Crippen MR) is 134 cm³/mol. The number of rotatable bonds is 9. The van der Waals surface area contributed by atoms with Gasteiger partial charge in [-0.3, -0.25) is 4.79 Å². The van der Waals surface area contributed by atoms with Crippen LogP contribution in [0.4, 0.5) is 5.69 Å². The Hall–Kier alpha value is -3.85. The summed E-state index contributed by atoms with van der Waals surface area (Å²) in [4.78, 5) is 13.3. The number of esters is 1. The lowest BCUT2D eigenvalue weighted by atomic mass is 9.74. The smallest absolute Gasteiger partial charge is 0.313 e.